The first-order valence-corrected chi connectivity index (χ1v) is 8.68. The first-order valence-electron chi connectivity index (χ1n) is 8.68. The number of aromatic nitrogens is 1. The van der Waals surface area contributed by atoms with Crippen LogP contribution in [0.1, 0.15) is 27.2 Å². The fourth-order valence-corrected chi connectivity index (χ4v) is 2.58. The van der Waals surface area contributed by atoms with Gasteiger partial charge in [0.25, 0.3) is 5.91 Å². The molecule has 0 bridgehead atoms. The van der Waals surface area contributed by atoms with Gasteiger partial charge >= 0.3 is 0 Å². The topological polar surface area (TPSA) is 127 Å². The Labute approximate surface area is 162 Å². The van der Waals surface area contributed by atoms with Gasteiger partial charge in [0, 0.05) is 29.6 Å². The van der Waals surface area contributed by atoms with Gasteiger partial charge in [0.05, 0.1) is 5.69 Å². The number of rotatable bonds is 7. The van der Waals surface area contributed by atoms with E-state index >= 15 is 0 Å². The number of nitrogens with one attached hydrogen (secondary N) is 2. The quantitative estimate of drug-likeness (QED) is 0.373. The molecule has 7 nitrogen and oxygen atoms in total. The minimum atomic E-state index is -0.285. The number of benzene rings is 2. The third kappa shape index (κ3) is 4.72. The molecule has 0 spiro atoms. The van der Waals surface area contributed by atoms with E-state index in [1.54, 1.807) is 48.7 Å². The molecule has 0 aliphatic rings. The van der Waals surface area contributed by atoms with Crippen molar-refractivity contribution < 1.29 is 9.53 Å². The number of nitrogens with two attached hydrogens (primary N) is 2. The Balaban J connectivity index is 1.68. The molecule has 0 atom stereocenters. The van der Waals surface area contributed by atoms with Gasteiger partial charge in [-0.1, -0.05) is 18.2 Å². The number of ether oxygens (including phenoxy) is 1. The molecule has 7 heteroatoms. The molecule has 2 aromatic carbocycles. The molecule has 1 heterocycles. The van der Waals surface area contributed by atoms with Crippen molar-refractivity contribution in [2.75, 3.05) is 5.32 Å². The molecule has 6 N–H and O–H groups in total. The van der Waals surface area contributed by atoms with Crippen LogP contribution in [0.3, 0.4) is 0 Å². The monoisotopic (exact) mass is 375 g/mol. The second-order valence-corrected chi connectivity index (χ2v) is 6.08. The average Bonchev–Trinajstić information content (AvgIpc) is 2.73. The van der Waals surface area contributed by atoms with Gasteiger partial charge < -0.3 is 21.5 Å². The van der Waals surface area contributed by atoms with E-state index in [0.29, 0.717) is 29.2 Å². The second-order valence-electron chi connectivity index (χ2n) is 6.08. The molecule has 1 aromatic heterocycles. The van der Waals surface area contributed by atoms with Crippen LogP contribution in [0.15, 0.2) is 66.9 Å². The molecule has 0 radical (unpaired) electrons. The summed E-state index contributed by atoms with van der Waals surface area (Å²) in [5, 5.41) is 10.4. The van der Waals surface area contributed by atoms with Gasteiger partial charge in [-0.2, -0.15) is 0 Å². The van der Waals surface area contributed by atoms with Gasteiger partial charge in [0.15, 0.2) is 0 Å². The summed E-state index contributed by atoms with van der Waals surface area (Å²) in [6, 6.07) is 17.5. The van der Waals surface area contributed by atoms with Crippen molar-refractivity contribution in [1.82, 2.24) is 4.98 Å². The summed E-state index contributed by atoms with van der Waals surface area (Å²) in [5.74, 6) is 0.281. The molecule has 0 saturated heterocycles. The number of carbonyl (C=O) groups excluding carboxylic acids is 1. The summed E-state index contributed by atoms with van der Waals surface area (Å²) in [7, 11) is 0. The molecule has 3 aromatic rings. The van der Waals surface area contributed by atoms with Crippen LogP contribution in [0.25, 0.3) is 0 Å². The van der Waals surface area contributed by atoms with Crippen molar-refractivity contribution in [2.45, 2.75) is 13.2 Å². The molecule has 0 aliphatic heterocycles. The number of pyridine rings is 1. The SMILES string of the molecule is N=C(N)c1ccc(CN)c(NC(=O)c2ccc(OCc3ccccn3)cc2)c1. The lowest BCUT2D eigenvalue weighted by Crippen LogP contribution is -2.17. The van der Waals surface area contributed by atoms with E-state index in [-0.39, 0.29) is 18.3 Å². The van der Waals surface area contributed by atoms with E-state index in [4.69, 9.17) is 21.6 Å². The summed E-state index contributed by atoms with van der Waals surface area (Å²) in [6.45, 7) is 0.609. The second kappa shape index (κ2) is 8.79. The summed E-state index contributed by atoms with van der Waals surface area (Å²) >= 11 is 0. The highest BCUT2D eigenvalue weighted by Gasteiger charge is 2.11. The molecule has 0 fully saturated rings. The van der Waals surface area contributed by atoms with Gasteiger partial charge in [-0.3, -0.25) is 15.2 Å². The molecule has 0 unspecified atom stereocenters. The van der Waals surface area contributed by atoms with E-state index in [1.807, 2.05) is 18.2 Å². The zero-order valence-electron chi connectivity index (χ0n) is 15.2. The van der Waals surface area contributed by atoms with Crippen LogP contribution in [0.2, 0.25) is 0 Å². The third-order valence-corrected chi connectivity index (χ3v) is 4.12. The van der Waals surface area contributed by atoms with Crippen LogP contribution in [-0.4, -0.2) is 16.7 Å². The number of amides is 1. The normalized spacial score (nSPS) is 10.3. The van der Waals surface area contributed by atoms with Crippen LogP contribution in [0.5, 0.6) is 5.75 Å². The number of anilines is 1. The van der Waals surface area contributed by atoms with E-state index in [0.717, 1.165) is 11.3 Å². The Morgan fingerprint density at radius 3 is 2.46 bits per heavy atom. The number of amidine groups is 1. The van der Waals surface area contributed by atoms with Crippen LogP contribution in [-0.2, 0) is 13.2 Å². The summed E-state index contributed by atoms with van der Waals surface area (Å²) < 4.78 is 5.68. The van der Waals surface area contributed by atoms with Gasteiger partial charge in [-0.25, -0.2) is 0 Å². The van der Waals surface area contributed by atoms with E-state index in [9.17, 15) is 4.79 Å². The maximum atomic E-state index is 12.6. The number of hydrogen-bond acceptors (Lipinski definition) is 5. The van der Waals surface area contributed by atoms with E-state index < -0.39 is 0 Å². The molecule has 3 rings (SSSR count). The molecule has 28 heavy (non-hydrogen) atoms. The molecule has 0 saturated carbocycles. The zero-order chi connectivity index (χ0) is 19.9. The number of nitrogen functional groups attached to an aromatic ring is 1. The zero-order valence-corrected chi connectivity index (χ0v) is 15.2. The summed E-state index contributed by atoms with van der Waals surface area (Å²) in [5.41, 5.74) is 14.4. The van der Waals surface area contributed by atoms with Gasteiger partial charge in [0.2, 0.25) is 0 Å². The smallest absolute Gasteiger partial charge is 0.255 e. The standard InChI is InChI=1S/C21H21N5O2/c22-12-16-5-4-15(20(23)24)11-19(16)26-21(27)14-6-8-18(9-7-14)28-13-17-3-1-2-10-25-17/h1-11H,12-13,22H2,(H3,23,24)(H,26,27). The van der Waals surface area contributed by atoms with Crippen molar-refractivity contribution in [3.8, 4) is 5.75 Å². The van der Waals surface area contributed by atoms with Crippen molar-refractivity contribution in [1.29, 1.82) is 5.41 Å². The molecule has 1 amide bonds. The van der Waals surface area contributed by atoms with E-state index in [2.05, 4.69) is 10.3 Å². The van der Waals surface area contributed by atoms with Crippen LogP contribution >= 0.6 is 0 Å². The Bertz CT molecular complexity index is 972. The maximum absolute atomic E-state index is 12.6. The number of hydrogen-bond donors (Lipinski definition) is 4. The van der Waals surface area contributed by atoms with Crippen molar-refractivity contribution >= 4 is 17.4 Å². The van der Waals surface area contributed by atoms with Crippen LogP contribution in [0.4, 0.5) is 5.69 Å². The van der Waals surface area contributed by atoms with Crippen molar-refractivity contribution in [2.24, 2.45) is 11.5 Å². The van der Waals surface area contributed by atoms with E-state index in [1.165, 1.54) is 0 Å². The minimum absolute atomic E-state index is 0.0755. The molecule has 0 aliphatic carbocycles. The summed E-state index contributed by atoms with van der Waals surface area (Å²) in [4.78, 5) is 16.8. The average molecular weight is 375 g/mol. The molecular weight excluding hydrogens is 354 g/mol. The molecular formula is C21H21N5O2. The lowest BCUT2D eigenvalue weighted by Gasteiger charge is -2.12. The molecule has 142 valence electrons. The largest absolute Gasteiger partial charge is 0.487 e. The predicted molar refractivity (Wildman–Crippen MR) is 108 cm³/mol. The Morgan fingerprint density at radius 1 is 1.07 bits per heavy atom. The van der Waals surface area contributed by atoms with Crippen LogP contribution < -0.4 is 21.5 Å². The highest BCUT2D eigenvalue weighted by molar-refractivity contribution is 6.05. The third-order valence-electron chi connectivity index (χ3n) is 4.12. The first kappa shape index (κ1) is 19.1. The summed E-state index contributed by atoms with van der Waals surface area (Å²) in [6.07, 6.45) is 1.71. The van der Waals surface area contributed by atoms with Crippen LogP contribution in [0, 0.1) is 5.41 Å². The van der Waals surface area contributed by atoms with Crippen molar-refractivity contribution in [3.63, 3.8) is 0 Å². The Morgan fingerprint density at radius 2 is 1.82 bits per heavy atom. The van der Waals surface area contributed by atoms with Gasteiger partial charge in [0.1, 0.15) is 18.2 Å². The maximum Gasteiger partial charge on any atom is 0.255 e. The Hall–Kier alpha value is -3.71. The fourth-order valence-electron chi connectivity index (χ4n) is 2.58. The number of carbonyl (C=O) groups is 1. The van der Waals surface area contributed by atoms with Crippen molar-refractivity contribution in [3.05, 3.63) is 89.2 Å². The predicted octanol–water partition coefficient (Wildman–Crippen LogP) is 2.66. The highest BCUT2D eigenvalue weighted by Crippen LogP contribution is 2.20. The minimum Gasteiger partial charge on any atom is -0.487 e. The lowest BCUT2D eigenvalue weighted by molar-refractivity contribution is 0.102. The highest BCUT2D eigenvalue weighted by atomic mass is 16.5. The number of nitrogens with zero attached hydrogens (tertiary/aromatic N) is 1. The fraction of sp³-hybridized carbons (Fsp3) is 0.0952. The van der Waals surface area contributed by atoms with Gasteiger partial charge in [-0.05, 0) is 48.0 Å². The first-order chi connectivity index (χ1) is 13.6. The lowest BCUT2D eigenvalue weighted by atomic mass is 10.1. The van der Waals surface area contributed by atoms with Gasteiger partial charge in [-0.15, -0.1) is 0 Å². The Kier molecular flexibility index (Phi) is 5.98.